The number of ether oxygens (including phenoxy) is 2. The van der Waals surface area contributed by atoms with Gasteiger partial charge in [0.05, 0.1) is 18.2 Å². The van der Waals surface area contributed by atoms with E-state index in [1.54, 1.807) is 7.11 Å². The van der Waals surface area contributed by atoms with E-state index in [-0.39, 0.29) is 11.6 Å². The van der Waals surface area contributed by atoms with E-state index in [2.05, 4.69) is 18.2 Å². The summed E-state index contributed by atoms with van der Waals surface area (Å²) in [5.41, 5.74) is 8.78. The van der Waals surface area contributed by atoms with Crippen LogP contribution in [0.1, 0.15) is 42.9 Å². The molecular formula is C15H21NO2. The number of methoxy groups -OCH3 is 1. The first-order valence-corrected chi connectivity index (χ1v) is 6.81. The third-order valence-corrected chi connectivity index (χ3v) is 4.50. The first kappa shape index (κ1) is 12.0. The van der Waals surface area contributed by atoms with Crippen LogP contribution in [0.2, 0.25) is 0 Å². The van der Waals surface area contributed by atoms with Crippen molar-refractivity contribution in [2.45, 2.75) is 43.7 Å². The SMILES string of the molecule is COC1(C(N)c2ccc3c(c2)CCO3)CCCC1. The average Bonchev–Trinajstić information content (AvgIpc) is 3.06. The second-order valence-corrected chi connectivity index (χ2v) is 5.42. The fourth-order valence-corrected chi connectivity index (χ4v) is 3.32. The fourth-order valence-electron chi connectivity index (χ4n) is 3.32. The largest absolute Gasteiger partial charge is 0.493 e. The van der Waals surface area contributed by atoms with Crippen LogP contribution >= 0.6 is 0 Å². The Balaban J connectivity index is 1.89. The van der Waals surface area contributed by atoms with Gasteiger partial charge in [-0.05, 0) is 30.0 Å². The van der Waals surface area contributed by atoms with Crippen LogP contribution in [0.3, 0.4) is 0 Å². The summed E-state index contributed by atoms with van der Waals surface area (Å²) in [7, 11) is 1.79. The van der Waals surface area contributed by atoms with E-state index in [4.69, 9.17) is 15.2 Å². The molecule has 0 radical (unpaired) electrons. The van der Waals surface area contributed by atoms with Gasteiger partial charge >= 0.3 is 0 Å². The molecular weight excluding hydrogens is 226 g/mol. The highest BCUT2D eigenvalue weighted by molar-refractivity contribution is 5.41. The molecule has 0 bridgehead atoms. The lowest BCUT2D eigenvalue weighted by atomic mass is 9.86. The van der Waals surface area contributed by atoms with E-state index >= 15 is 0 Å². The molecule has 1 saturated carbocycles. The molecule has 1 heterocycles. The standard InChI is InChI=1S/C15H21NO2/c1-17-15(7-2-3-8-15)14(16)12-4-5-13-11(10-12)6-9-18-13/h4-5,10,14H,2-3,6-9,16H2,1H3. The smallest absolute Gasteiger partial charge is 0.122 e. The van der Waals surface area contributed by atoms with Gasteiger partial charge < -0.3 is 15.2 Å². The summed E-state index contributed by atoms with van der Waals surface area (Å²) in [4.78, 5) is 0. The van der Waals surface area contributed by atoms with Crippen LogP contribution in [0.25, 0.3) is 0 Å². The highest BCUT2D eigenvalue weighted by Crippen LogP contribution is 2.42. The molecule has 18 heavy (non-hydrogen) atoms. The third kappa shape index (κ3) is 1.82. The van der Waals surface area contributed by atoms with E-state index in [1.807, 2.05) is 0 Å². The molecule has 1 aliphatic carbocycles. The van der Waals surface area contributed by atoms with Gasteiger partial charge in [0, 0.05) is 13.5 Å². The van der Waals surface area contributed by atoms with Gasteiger partial charge in [0.2, 0.25) is 0 Å². The highest BCUT2D eigenvalue weighted by Gasteiger charge is 2.40. The maximum atomic E-state index is 6.47. The summed E-state index contributed by atoms with van der Waals surface area (Å²) in [5.74, 6) is 1.02. The van der Waals surface area contributed by atoms with Crippen molar-refractivity contribution in [3.63, 3.8) is 0 Å². The number of benzene rings is 1. The molecule has 3 nitrogen and oxygen atoms in total. The Morgan fingerprint density at radius 3 is 2.83 bits per heavy atom. The molecule has 1 unspecified atom stereocenters. The van der Waals surface area contributed by atoms with Crippen LogP contribution < -0.4 is 10.5 Å². The summed E-state index contributed by atoms with van der Waals surface area (Å²) in [6.07, 6.45) is 5.57. The first-order chi connectivity index (χ1) is 8.75. The number of hydrogen-bond acceptors (Lipinski definition) is 3. The van der Waals surface area contributed by atoms with Crippen molar-refractivity contribution >= 4 is 0 Å². The number of hydrogen-bond donors (Lipinski definition) is 1. The first-order valence-electron chi connectivity index (χ1n) is 6.81. The molecule has 98 valence electrons. The molecule has 1 aromatic carbocycles. The quantitative estimate of drug-likeness (QED) is 0.893. The summed E-state index contributed by atoms with van der Waals surface area (Å²) in [6, 6.07) is 6.31. The molecule has 1 fully saturated rings. The Morgan fingerprint density at radius 1 is 1.33 bits per heavy atom. The summed E-state index contributed by atoms with van der Waals surface area (Å²) < 4.78 is 11.3. The van der Waals surface area contributed by atoms with E-state index in [9.17, 15) is 0 Å². The Hall–Kier alpha value is -1.06. The lowest BCUT2D eigenvalue weighted by Crippen LogP contribution is -2.40. The Morgan fingerprint density at radius 2 is 2.11 bits per heavy atom. The van der Waals surface area contributed by atoms with Gasteiger partial charge in [-0.15, -0.1) is 0 Å². The van der Waals surface area contributed by atoms with Crippen molar-refractivity contribution in [1.82, 2.24) is 0 Å². The predicted octanol–water partition coefficient (Wildman–Crippen LogP) is 2.58. The molecule has 1 atom stereocenters. The van der Waals surface area contributed by atoms with E-state index in [0.717, 1.165) is 31.6 Å². The predicted molar refractivity (Wildman–Crippen MR) is 70.8 cm³/mol. The zero-order valence-electron chi connectivity index (χ0n) is 10.9. The summed E-state index contributed by atoms with van der Waals surface area (Å²) in [5, 5.41) is 0. The van der Waals surface area contributed by atoms with Gasteiger partial charge in [0.25, 0.3) is 0 Å². The van der Waals surface area contributed by atoms with Crippen LogP contribution in [0.15, 0.2) is 18.2 Å². The highest BCUT2D eigenvalue weighted by atomic mass is 16.5. The minimum atomic E-state index is -0.159. The molecule has 1 aromatic rings. The molecule has 0 saturated heterocycles. The average molecular weight is 247 g/mol. The van der Waals surface area contributed by atoms with Gasteiger partial charge in [-0.3, -0.25) is 0 Å². The van der Waals surface area contributed by atoms with Crippen LogP contribution in [-0.4, -0.2) is 19.3 Å². The second-order valence-electron chi connectivity index (χ2n) is 5.42. The zero-order valence-corrected chi connectivity index (χ0v) is 10.9. The van der Waals surface area contributed by atoms with Crippen LogP contribution in [0.5, 0.6) is 5.75 Å². The van der Waals surface area contributed by atoms with Crippen molar-refractivity contribution in [1.29, 1.82) is 0 Å². The van der Waals surface area contributed by atoms with Gasteiger partial charge in [-0.1, -0.05) is 25.0 Å². The Bertz CT molecular complexity index is 438. The monoisotopic (exact) mass is 247 g/mol. The van der Waals surface area contributed by atoms with Crippen LogP contribution in [-0.2, 0) is 11.2 Å². The number of rotatable bonds is 3. The van der Waals surface area contributed by atoms with Crippen LogP contribution in [0.4, 0.5) is 0 Å². The summed E-state index contributed by atoms with van der Waals surface area (Å²) in [6.45, 7) is 0.795. The summed E-state index contributed by atoms with van der Waals surface area (Å²) >= 11 is 0. The minimum absolute atomic E-state index is 0.0316. The lowest BCUT2D eigenvalue weighted by molar-refractivity contribution is -0.0264. The minimum Gasteiger partial charge on any atom is -0.493 e. The number of nitrogens with two attached hydrogens (primary N) is 1. The van der Waals surface area contributed by atoms with E-state index in [0.29, 0.717) is 0 Å². The zero-order chi connectivity index (χ0) is 12.6. The van der Waals surface area contributed by atoms with E-state index < -0.39 is 0 Å². The van der Waals surface area contributed by atoms with Crippen molar-refractivity contribution in [3.8, 4) is 5.75 Å². The van der Waals surface area contributed by atoms with E-state index in [1.165, 1.54) is 24.0 Å². The van der Waals surface area contributed by atoms with Gasteiger partial charge in [0.15, 0.2) is 0 Å². The lowest BCUT2D eigenvalue weighted by Gasteiger charge is -2.34. The molecule has 0 spiro atoms. The molecule has 1 aliphatic heterocycles. The fraction of sp³-hybridized carbons (Fsp3) is 0.600. The van der Waals surface area contributed by atoms with Gasteiger partial charge in [-0.25, -0.2) is 0 Å². The normalized spacial score (nSPS) is 22.6. The van der Waals surface area contributed by atoms with Gasteiger partial charge in [-0.2, -0.15) is 0 Å². The maximum absolute atomic E-state index is 6.47. The molecule has 0 amide bonds. The van der Waals surface area contributed by atoms with Crippen LogP contribution in [0, 0.1) is 0 Å². The van der Waals surface area contributed by atoms with Crippen molar-refractivity contribution < 1.29 is 9.47 Å². The molecule has 2 N–H and O–H groups in total. The number of fused-ring (bicyclic) bond motifs is 1. The second kappa shape index (κ2) is 4.56. The van der Waals surface area contributed by atoms with Crippen molar-refractivity contribution in [2.75, 3.05) is 13.7 Å². The molecule has 2 aliphatic rings. The third-order valence-electron chi connectivity index (χ3n) is 4.50. The molecule has 3 rings (SSSR count). The maximum Gasteiger partial charge on any atom is 0.122 e. The Kier molecular flexibility index (Phi) is 3.04. The topological polar surface area (TPSA) is 44.5 Å². The van der Waals surface area contributed by atoms with Gasteiger partial charge in [0.1, 0.15) is 5.75 Å². The van der Waals surface area contributed by atoms with Crippen molar-refractivity contribution in [2.24, 2.45) is 5.73 Å². The molecule has 0 aromatic heterocycles. The molecule has 3 heteroatoms. The Labute approximate surface area is 108 Å². The van der Waals surface area contributed by atoms with Crippen molar-refractivity contribution in [3.05, 3.63) is 29.3 Å².